The van der Waals surface area contributed by atoms with Crippen LogP contribution in [0.15, 0.2) is 54.6 Å². The minimum atomic E-state index is -1.54. The van der Waals surface area contributed by atoms with Crippen molar-refractivity contribution < 1.29 is 24.2 Å². The Labute approximate surface area is 250 Å². The van der Waals surface area contributed by atoms with Crippen LogP contribution in [0.1, 0.15) is 43.9 Å². The summed E-state index contributed by atoms with van der Waals surface area (Å²) in [6.45, 7) is 8.69. The van der Waals surface area contributed by atoms with Gasteiger partial charge in [-0.05, 0) is 55.1 Å². The Bertz CT molecular complexity index is 1280. The average molecular weight is 598 g/mol. The summed E-state index contributed by atoms with van der Waals surface area (Å²) in [4.78, 5) is 42.9. The molecule has 0 radical (unpaired) electrons. The van der Waals surface area contributed by atoms with Gasteiger partial charge in [0.25, 0.3) is 5.91 Å². The topological polar surface area (TPSA) is 99.2 Å². The number of alkyl carbamates (subject to hydrolysis) is 1. The molecule has 3 saturated heterocycles. The maximum absolute atomic E-state index is 13.7. The van der Waals surface area contributed by atoms with Crippen molar-refractivity contribution in [2.24, 2.45) is 5.92 Å². The number of aryl methyl sites for hydroxylation is 1. The van der Waals surface area contributed by atoms with E-state index in [2.05, 4.69) is 19.2 Å². The minimum absolute atomic E-state index is 0.133. The first-order valence-corrected chi connectivity index (χ1v) is 16.2. The number of ether oxygens (including phenoxy) is 1. The molecule has 0 spiro atoms. The van der Waals surface area contributed by atoms with Crippen LogP contribution in [0.5, 0.6) is 0 Å². The van der Waals surface area contributed by atoms with E-state index in [0.717, 1.165) is 28.9 Å². The summed E-state index contributed by atoms with van der Waals surface area (Å²) in [5.41, 5.74) is 3.04. The highest BCUT2D eigenvalue weighted by Crippen LogP contribution is 2.51. The van der Waals surface area contributed by atoms with Gasteiger partial charge < -0.3 is 25.0 Å². The second-order valence-corrected chi connectivity index (χ2v) is 14.2. The Kier molecular flexibility index (Phi) is 8.92. The van der Waals surface area contributed by atoms with E-state index < -0.39 is 35.1 Å². The third-order valence-electron chi connectivity index (χ3n) is 8.45. The molecule has 1 unspecified atom stereocenters. The molecule has 0 aliphatic carbocycles. The molecule has 3 amide bonds. The predicted octanol–water partition coefficient (Wildman–Crippen LogP) is 4.18. The molecular weight excluding hydrogens is 558 g/mol. The number of aliphatic hydroxyl groups excluding tert-OH is 1. The van der Waals surface area contributed by atoms with Crippen molar-refractivity contribution in [2.75, 3.05) is 11.6 Å². The number of hydrogen-bond donors (Lipinski definition) is 2. The van der Waals surface area contributed by atoms with Crippen molar-refractivity contribution in [1.82, 2.24) is 15.1 Å². The van der Waals surface area contributed by atoms with Gasteiger partial charge in [0.15, 0.2) is 6.10 Å². The molecule has 3 aliphatic heterocycles. The van der Waals surface area contributed by atoms with E-state index in [-0.39, 0.29) is 29.6 Å². The lowest BCUT2D eigenvalue weighted by atomic mass is 9.91. The van der Waals surface area contributed by atoms with Crippen LogP contribution in [0.3, 0.4) is 0 Å². The van der Waals surface area contributed by atoms with Gasteiger partial charge in [0.05, 0.1) is 11.9 Å². The molecule has 2 aromatic carbocycles. The highest BCUT2D eigenvalue weighted by molar-refractivity contribution is 8.01. The van der Waals surface area contributed by atoms with Crippen LogP contribution < -0.4 is 5.32 Å². The fourth-order valence-electron chi connectivity index (χ4n) is 6.03. The molecule has 0 aromatic heterocycles. The molecule has 6 atom stereocenters. The van der Waals surface area contributed by atoms with Gasteiger partial charge in [-0.3, -0.25) is 9.59 Å². The Hall–Kier alpha value is -2.69. The molecule has 0 saturated carbocycles. The number of thioether (sulfide) groups is 2. The number of amides is 3. The van der Waals surface area contributed by atoms with E-state index in [0.29, 0.717) is 12.5 Å². The Morgan fingerprint density at radius 3 is 2.56 bits per heavy atom. The van der Waals surface area contributed by atoms with E-state index in [1.54, 1.807) is 11.8 Å². The Morgan fingerprint density at radius 2 is 1.85 bits per heavy atom. The van der Waals surface area contributed by atoms with Crippen molar-refractivity contribution in [1.29, 1.82) is 0 Å². The largest absolute Gasteiger partial charge is 0.445 e. The van der Waals surface area contributed by atoms with Crippen LogP contribution in [0, 0.1) is 12.8 Å². The molecule has 2 aromatic rings. The highest BCUT2D eigenvalue weighted by Gasteiger charge is 2.65. The minimum Gasteiger partial charge on any atom is -0.445 e. The van der Waals surface area contributed by atoms with Crippen LogP contribution in [-0.2, 0) is 27.3 Å². The predicted molar refractivity (Wildman–Crippen MR) is 162 cm³/mol. The third-order valence-corrected chi connectivity index (χ3v) is 11.6. The first-order chi connectivity index (χ1) is 19.6. The molecule has 3 fully saturated rings. The number of nitrogens with zero attached hydrogens (tertiary/aromatic N) is 2. The van der Waals surface area contributed by atoms with Crippen LogP contribution in [0.2, 0.25) is 0 Å². The zero-order valence-electron chi connectivity index (χ0n) is 24.0. The third kappa shape index (κ3) is 5.96. The number of carbonyl (C=O) groups is 3. The lowest BCUT2D eigenvalue weighted by molar-refractivity contribution is -0.168. The van der Waals surface area contributed by atoms with Crippen molar-refractivity contribution in [3.05, 3.63) is 71.3 Å². The quantitative estimate of drug-likeness (QED) is 0.419. The van der Waals surface area contributed by atoms with E-state index in [1.165, 1.54) is 16.7 Å². The number of carbonyl (C=O) groups excluding carboxylic acids is 3. The SMILES string of the molecule is Cc1ccccc1CN1C(=O)[C@H]2N(C(=O)[C@@H](O)[C@H](Cc3ccccc3)NC(=O)O[C@@H]3CCS[C@@H]3C(C)C)CSC21C. The highest BCUT2D eigenvalue weighted by atomic mass is 32.2. The molecule has 5 rings (SSSR count). The van der Waals surface area contributed by atoms with Gasteiger partial charge in [-0.2, -0.15) is 11.8 Å². The van der Waals surface area contributed by atoms with Gasteiger partial charge in [-0.15, -0.1) is 11.8 Å². The van der Waals surface area contributed by atoms with Crippen molar-refractivity contribution in [3.8, 4) is 0 Å². The van der Waals surface area contributed by atoms with Gasteiger partial charge in [0.2, 0.25) is 5.91 Å². The van der Waals surface area contributed by atoms with Gasteiger partial charge in [-0.25, -0.2) is 4.79 Å². The van der Waals surface area contributed by atoms with E-state index >= 15 is 0 Å². The zero-order valence-corrected chi connectivity index (χ0v) is 25.6. The number of β-lactam (4-membered cyclic amide) rings is 1. The summed E-state index contributed by atoms with van der Waals surface area (Å²) in [5, 5.41) is 14.4. The van der Waals surface area contributed by atoms with Gasteiger partial charge in [-0.1, -0.05) is 68.4 Å². The first kappa shape index (κ1) is 29.8. The lowest BCUT2D eigenvalue weighted by Gasteiger charge is -2.53. The number of nitrogens with one attached hydrogen (secondary N) is 1. The van der Waals surface area contributed by atoms with E-state index in [1.807, 2.05) is 73.3 Å². The van der Waals surface area contributed by atoms with Gasteiger partial charge >= 0.3 is 6.09 Å². The Morgan fingerprint density at radius 1 is 1.15 bits per heavy atom. The smallest absolute Gasteiger partial charge is 0.407 e. The standard InChI is InChI=1S/C31H39N3O5S2/c1-19(2)26-24(14-15-40-26)39-30(38)32-23(16-21-11-6-5-7-12-21)25(35)28(36)33-18-41-31(4)27(33)29(37)34(31)17-22-13-9-8-10-20(22)3/h5-13,19,23-27,35H,14-18H2,1-4H3,(H,32,38)/t23-,24+,25-,26+,27+,31?/m0/s1. The second-order valence-electron chi connectivity index (χ2n) is 11.6. The van der Waals surface area contributed by atoms with Crippen molar-refractivity contribution >= 4 is 41.4 Å². The average Bonchev–Trinajstić information content (AvgIpc) is 3.54. The molecule has 41 heavy (non-hydrogen) atoms. The number of likely N-dealkylation sites (tertiary alicyclic amines) is 1. The molecule has 2 N–H and O–H groups in total. The van der Waals surface area contributed by atoms with Gasteiger partial charge in [0, 0.05) is 11.8 Å². The van der Waals surface area contributed by atoms with Crippen molar-refractivity contribution in [2.45, 2.75) is 81.5 Å². The number of rotatable bonds is 9. The molecule has 0 bridgehead atoms. The van der Waals surface area contributed by atoms with E-state index in [9.17, 15) is 19.5 Å². The molecule has 3 heterocycles. The maximum Gasteiger partial charge on any atom is 0.407 e. The van der Waals surface area contributed by atoms with Crippen LogP contribution in [0.4, 0.5) is 4.79 Å². The summed E-state index contributed by atoms with van der Waals surface area (Å²) >= 11 is 3.33. The number of fused-ring (bicyclic) bond motifs is 1. The van der Waals surface area contributed by atoms with Crippen LogP contribution in [-0.4, -0.2) is 78.9 Å². The summed E-state index contributed by atoms with van der Waals surface area (Å²) in [7, 11) is 0. The fourth-order valence-corrected chi connectivity index (χ4v) is 8.83. The Balaban J connectivity index is 1.29. The van der Waals surface area contributed by atoms with Crippen LogP contribution >= 0.6 is 23.5 Å². The van der Waals surface area contributed by atoms with Gasteiger partial charge in [0.1, 0.15) is 17.0 Å². The number of hydrogen-bond acceptors (Lipinski definition) is 7. The summed E-state index contributed by atoms with van der Waals surface area (Å²) in [5.74, 6) is 0.876. The fraction of sp³-hybridized carbons (Fsp3) is 0.516. The molecular formula is C31H39N3O5S2. The normalized spacial score (nSPS) is 26.9. The first-order valence-electron chi connectivity index (χ1n) is 14.2. The monoisotopic (exact) mass is 597 g/mol. The molecule has 3 aliphatic rings. The summed E-state index contributed by atoms with van der Waals surface area (Å²) < 4.78 is 5.80. The second kappa shape index (κ2) is 12.3. The number of benzene rings is 2. The lowest BCUT2D eigenvalue weighted by Crippen LogP contribution is -2.73. The zero-order chi connectivity index (χ0) is 29.3. The maximum atomic E-state index is 13.7. The molecule has 8 nitrogen and oxygen atoms in total. The molecule has 220 valence electrons. The van der Waals surface area contributed by atoms with Crippen LogP contribution in [0.25, 0.3) is 0 Å². The summed E-state index contributed by atoms with van der Waals surface area (Å²) in [6.07, 6.45) is -1.37. The van der Waals surface area contributed by atoms with E-state index in [4.69, 9.17) is 4.74 Å². The molecule has 10 heteroatoms. The van der Waals surface area contributed by atoms with Crippen molar-refractivity contribution in [3.63, 3.8) is 0 Å². The summed E-state index contributed by atoms with van der Waals surface area (Å²) in [6, 6.07) is 15.8. The number of aliphatic hydroxyl groups is 1.